The van der Waals surface area contributed by atoms with Gasteiger partial charge in [0.2, 0.25) is 0 Å². The van der Waals surface area contributed by atoms with Gasteiger partial charge in [-0.1, -0.05) is 18.2 Å². The summed E-state index contributed by atoms with van der Waals surface area (Å²) in [4.78, 5) is 9.52. The molecule has 2 aromatic carbocycles. The number of aryl methyl sites for hydroxylation is 4. The number of hydrogen-bond acceptors (Lipinski definition) is 5. The Kier molecular flexibility index (Phi) is 5.77. The summed E-state index contributed by atoms with van der Waals surface area (Å²) in [6.45, 7) is 6.23. The Morgan fingerprint density at radius 3 is 2.71 bits per heavy atom. The summed E-state index contributed by atoms with van der Waals surface area (Å²) >= 11 is 1.77. The average molecular weight is 431 g/mol. The first-order chi connectivity index (χ1) is 15.2. The van der Waals surface area contributed by atoms with Crippen molar-refractivity contribution in [1.29, 1.82) is 0 Å². The second kappa shape index (κ2) is 8.83. The summed E-state index contributed by atoms with van der Waals surface area (Å²) in [5.74, 6) is 0.885. The van der Waals surface area contributed by atoms with Crippen molar-refractivity contribution in [2.24, 2.45) is 4.99 Å². The summed E-state index contributed by atoms with van der Waals surface area (Å²) in [6, 6.07) is 11.5. The van der Waals surface area contributed by atoms with Crippen LogP contribution in [-0.2, 0) is 19.3 Å². The van der Waals surface area contributed by atoms with E-state index in [1.807, 2.05) is 0 Å². The van der Waals surface area contributed by atoms with Crippen LogP contribution in [0.2, 0.25) is 0 Å². The molecule has 0 saturated heterocycles. The summed E-state index contributed by atoms with van der Waals surface area (Å²) in [5, 5.41) is 10.2. The van der Waals surface area contributed by atoms with Crippen LogP contribution in [0.4, 0.5) is 5.69 Å². The number of hydrogen-bond donors (Lipinski definition) is 2. The van der Waals surface area contributed by atoms with Gasteiger partial charge < -0.3 is 10.6 Å². The molecule has 0 saturated carbocycles. The molecule has 160 valence electrons. The van der Waals surface area contributed by atoms with E-state index in [0.717, 1.165) is 43.3 Å². The Labute approximate surface area is 188 Å². The van der Waals surface area contributed by atoms with Gasteiger partial charge in [-0.15, -0.1) is 11.3 Å². The molecule has 2 N–H and O–H groups in total. The number of rotatable bonds is 4. The second-order valence-corrected chi connectivity index (χ2v) is 9.67. The first-order valence-corrected chi connectivity index (χ1v) is 12.3. The lowest BCUT2D eigenvalue weighted by Gasteiger charge is -2.18. The molecule has 0 radical (unpaired) electrons. The predicted molar refractivity (Wildman–Crippen MR) is 131 cm³/mol. The quantitative estimate of drug-likeness (QED) is 0.562. The van der Waals surface area contributed by atoms with Crippen molar-refractivity contribution in [1.82, 2.24) is 10.3 Å². The van der Waals surface area contributed by atoms with Gasteiger partial charge >= 0.3 is 0 Å². The zero-order valence-corrected chi connectivity index (χ0v) is 19.2. The Bertz CT molecular complexity index is 1130. The highest BCUT2D eigenvalue weighted by atomic mass is 32.1. The van der Waals surface area contributed by atoms with E-state index < -0.39 is 0 Å². The molecule has 5 heteroatoms. The molecular formula is C26H30N4S. The van der Waals surface area contributed by atoms with Gasteiger partial charge in [-0.3, -0.25) is 4.99 Å². The fourth-order valence-electron chi connectivity index (χ4n) is 4.53. The van der Waals surface area contributed by atoms with E-state index in [1.165, 1.54) is 64.1 Å². The minimum absolute atomic E-state index is 0.877. The summed E-state index contributed by atoms with van der Waals surface area (Å²) in [6.07, 6.45) is 7.05. The Hall–Kier alpha value is -2.66. The van der Waals surface area contributed by atoms with Gasteiger partial charge in [-0.25, -0.2) is 4.98 Å². The molecule has 1 aliphatic heterocycles. The third-order valence-electron chi connectivity index (χ3n) is 6.37. The number of nitrogens with zero attached hydrogens (tertiary/aromatic N) is 2. The van der Waals surface area contributed by atoms with Crippen molar-refractivity contribution in [2.45, 2.75) is 52.4 Å². The Morgan fingerprint density at radius 2 is 1.87 bits per heavy atom. The molecule has 0 atom stereocenters. The minimum atomic E-state index is 0.877. The van der Waals surface area contributed by atoms with Gasteiger partial charge in [0.15, 0.2) is 5.96 Å². The number of nitrogens with one attached hydrogen (secondary N) is 2. The number of anilines is 1. The minimum Gasteiger partial charge on any atom is -0.356 e. The number of aromatic nitrogens is 1. The molecule has 1 aromatic heterocycles. The largest absolute Gasteiger partial charge is 0.356 e. The van der Waals surface area contributed by atoms with Crippen molar-refractivity contribution in [3.8, 4) is 11.3 Å². The third kappa shape index (κ3) is 4.52. The zero-order valence-electron chi connectivity index (χ0n) is 18.4. The molecule has 3 aromatic rings. The molecule has 0 amide bonds. The number of fused-ring (bicyclic) bond motifs is 1. The van der Waals surface area contributed by atoms with Crippen LogP contribution in [0.1, 0.15) is 52.1 Å². The molecule has 1 aliphatic carbocycles. The Morgan fingerprint density at radius 1 is 1.00 bits per heavy atom. The van der Waals surface area contributed by atoms with E-state index in [9.17, 15) is 0 Å². The topological polar surface area (TPSA) is 49.3 Å². The normalized spacial score (nSPS) is 15.7. The SMILES string of the molecule is Cc1cc(NC2=NCCCN2)c(C)cc1Cc1nc(-c2ccc3c(c2)CCCC3)cs1. The smallest absolute Gasteiger partial charge is 0.195 e. The van der Waals surface area contributed by atoms with Crippen molar-refractivity contribution in [2.75, 3.05) is 18.4 Å². The van der Waals surface area contributed by atoms with Gasteiger partial charge in [0.1, 0.15) is 0 Å². The lowest BCUT2D eigenvalue weighted by atomic mass is 9.90. The van der Waals surface area contributed by atoms with Crippen LogP contribution in [-0.4, -0.2) is 24.0 Å². The van der Waals surface area contributed by atoms with Crippen molar-refractivity contribution in [3.05, 3.63) is 68.5 Å². The van der Waals surface area contributed by atoms with Gasteiger partial charge in [0.25, 0.3) is 0 Å². The Balaban J connectivity index is 1.33. The first-order valence-electron chi connectivity index (χ1n) is 11.4. The predicted octanol–water partition coefficient (Wildman–Crippen LogP) is 5.66. The molecule has 2 aliphatic rings. The average Bonchev–Trinajstić information content (AvgIpc) is 3.26. The number of thiazole rings is 1. The molecule has 2 heterocycles. The summed E-state index contributed by atoms with van der Waals surface area (Å²) in [7, 11) is 0. The molecule has 5 rings (SSSR count). The van der Waals surface area contributed by atoms with E-state index in [4.69, 9.17) is 4.98 Å². The summed E-state index contributed by atoms with van der Waals surface area (Å²) in [5.41, 5.74) is 10.4. The fourth-order valence-corrected chi connectivity index (χ4v) is 5.35. The van der Waals surface area contributed by atoms with Crippen molar-refractivity contribution >= 4 is 23.0 Å². The van der Waals surface area contributed by atoms with Crippen LogP contribution in [0.15, 0.2) is 40.7 Å². The number of aliphatic imine (C=N–C) groups is 1. The van der Waals surface area contributed by atoms with E-state index in [-0.39, 0.29) is 0 Å². The summed E-state index contributed by atoms with van der Waals surface area (Å²) < 4.78 is 0. The molecule has 0 unspecified atom stereocenters. The van der Waals surface area contributed by atoms with Crippen LogP contribution in [0.25, 0.3) is 11.3 Å². The first kappa shape index (κ1) is 20.3. The van der Waals surface area contributed by atoms with E-state index in [0.29, 0.717) is 0 Å². The van der Waals surface area contributed by atoms with Gasteiger partial charge in [-0.2, -0.15) is 0 Å². The monoisotopic (exact) mass is 430 g/mol. The van der Waals surface area contributed by atoms with E-state index >= 15 is 0 Å². The van der Waals surface area contributed by atoms with Gasteiger partial charge in [0.05, 0.1) is 10.7 Å². The second-order valence-electron chi connectivity index (χ2n) is 8.72. The molecule has 4 nitrogen and oxygen atoms in total. The third-order valence-corrected chi connectivity index (χ3v) is 7.22. The van der Waals surface area contributed by atoms with Gasteiger partial charge in [0, 0.05) is 36.1 Å². The lowest BCUT2D eigenvalue weighted by Crippen LogP contribution is -2.35. The molecule has 0 bridgehead atoms. The van der Waals surface area contributed by atoms with Gasteiger partial charge in [-0.05, 0) is 85.9 Å². The maximum atomic E-state index is 4.99. The van der Waals surface area contributed by atoms with Crippen LogP contribution >= 0.6 is 11.3 Å². The maximum Gasteiger partial charge on any atom is 0.195 e. The molecule has 31 heavy (non-hydrogen) atoms. The number of benzene rings is 2. The maximum absolute atomic E-state index is 4.99. The van der Waals surface area contributed by atoms with Crippen molar-refractivity contribution < 1.29 is 0 Å². The van der Waals surface area contributed by atoms with E-state index in [2.05, 4.69) is 65.2 Å². The fraction of sp³-hybridized carbons (Fsp3) is 0.385. The van der Waals surface area contributed by atoms with Crippen LogP contribution < -0.4 is 10.6 Å². The van der Waals surface area contributed by atoms with Crippen LogP contribution in [0.5, 0.6) is 0 Å². The highest BCUT2D eigenvalue weighted by Gasteiger charge is 2.14. The zero-order chi connectivity index (χ0) is 21.2. The van der Waals surface area contributed by atoms with Crippen LogP contribution in [0.3, 0.4) is 0 Å². The molecule has 0 fully saturated rings. The standard InChI is InChI=1S/C26H30N4S/c1-17-13-23(30-26-27-10-5-11-28-26)18(2)12-22(17)15-25-29-24(16-31-25)21-9-8-19-6-3-4-7-20(19)14-21/h8-9,12-14,16H,3-7,10-11,15H2,1-2H3,(H2,27,28,30). The number of guanidine groups is 1. The lowest BCUT2D eigenvalue weighted by molar-refractivity contribution is 0.686. The molecular weight excluding hydrogens is 400 g/mol. The van der Waals surface area contributed by atoms with Crippen LogP contribution in [0, 0.1) is 13.8 Å². The highest BCUT2D eigenvalue weighted by Crippen LogP contribution is 2.30. The highest BCUT2D eigenvalue weighted by molar-refractivity contribution is 7.10. The van der Waals surface area contributed by atoms with E-state index in [1.54, 1.807) is 11.3 Å². The van der Waals surface area contributed by atoms with Crippen molar-refractivity contribution in [3.63, 3.8) is 0 Å². The molecule has 0 spiro atoms.